The Morgan fingerprint density at radius 3 is 2.65 bits per heavy atom. The van der Waals surface area contributed by atoms with Gasteiger partial charge in [-0.1, -0.05) is 18.2 Å². The molecule has 1 aliphatic heterocycles. The molecule has 1 fully saturated rings. The van der Waals surface area contributed by atoms with Gasteiger partial charge < -0.3 is 19.5 Å². The molecular formula is C19H23N3O4. The molecule has 3 rings (SSSR count). The highest BCUT2D eigenvalue weighted by Gasteiger charge is 2.27. The number of aromatic nitrogens is 1. The van der Waals surface area contributed by atoms with Crippen molar-refractivity contribution in [1.29, 1.82) is 0 Å². The average Bonchev–Trinajstić information content (AvgIpc) is 2.66. The Hall–Kier alpha value is -2.83. The maximum absolute atomic E-state index is 12.4. The van der Waals surface area contributed by atoms with E-state index >= 15 is 0 Å². The highest BCUT2D eigenvalue weighted by Crippen LogP contribution is 2.27. The molecule has 2 heterocycles. The first-order valence-electron chi connectivity index (χ1n) is 8.68. The number of pyridine rings is 1. The summed E-state index contributed by atoms with van der Waals surface area (Å²) in [5.74, 6) is -0.322. The van der Waals surface area contributed by atoms with Crippen LogP contribution in [0.3, 0.4) is 0 Å². The molecule has 2 aromatic rings. The van der Waals surface area contributed by atoms with Crippen molar-refractivity contribution in [2.24, 2.45) is 0 Å². The molecule has 1 aromatic heterocycles. The number of piperidine rings is 1. The number of carbonyl (C=O) groups is 2. The maximum atomic E-state index is 12.4. The van der Waals surface area contributed by atoms with E-state index in [1.54, 1.807) is 11.9 Å². The van der Waals surface area contributed by atoms with Crippen LogP contribution in [0.25, 0.3) is 10.9 Å². The van der Waals surface area contributed by atoms with Crippen molar-refractivity contribution >= 4 is 22.9 Å². The summed E-state index contributed by atoms with van der Waals surface area (Å²) in [5, 5.41) is 1.01. The van der Waals surface area contributed by atoms with Gasteiger partial charge >= 0.3 is 12.0 Å². The number of methoxy groups -OCH3 is 1. The third kappa shape index (κ3) is 3.71. The van der Waals surface area contributed by atoms with E-state index in [4.69, 9.17) is 0 Å². The molecule has 0 spiro atoms. The normalized spacial score (nSPS) is 15.1. The topological polar surface area (TPSA) is 82.7 Å². The van der Waals surface area contributed by atoms with Crippen molar-refractivity contribution < 1.29 is 14.3 Å². The van der Waals surface area contributed by atoms with Crippen molar-refractivity contribution in [2.45, 2.75) is 18.8 Å². The Morgan fingerprint density at radius 2 is 1.96 bits per heavy atom. The number of hydrogen-bond donors (Lipinski definition) is 1. The van der Waals surface area contributed by atoms with Crippen molar-refractivity contribution in [3.05, 3.63) is 46.2 Å². The van der Waals surface area contributed by atoms with Crippen LogP contribution in [0, 0.1) is 0 Å². The lowest BCUT2D eigenvalue weighted by molar-refractivity contribution is -0.141. The monoisotopic (exact) mass is 357 g/mol. The summed E-state index contributed by atoms with van der Waals surface area (Å²) in [7, 11) is 2.88. The zero-order chi connectivity index (χ0) is 18.7. The van der Waals surface area contributed by atoms with Crippen LogP contribution < -0.4 is 5.56 Å². The van der Waals surface area contributed by atoms with Gasteiger partial charge in [0.15, 0.2) is 0 Å². The number of benzene rings is 1. The molecule has 0 aliphatic carbocycles. The fraction of sp³-hybridized carbons (Fsp3) is 0.421. The van der Waals surface area contributed by atoms with Crippen LogP contribution in [0.2, 0.25) is 0 Å². The van der Waals surface area contributed by atoms with E-state index in [0.717, 1.165) is 29.3 Å². The molecule has 1 saturated heterocycles. The van der Waals surface area contributed by atoms with Crippen LogP contribution in [0.15, 0.2) is 35.1 Å². The van der Waals surface area contributed by atoms with Gasteiger partial charge in [0, 0.05) is 31.2 Å². The number of likely N-dealkylation sites (N-methyl/N-ethyl adjacent to an activating group) is 1. The number of nitrogens with one attached hydrogen (secondary N) is 1. The number of H-pyrrole nitrogens is 1. The SMILES string of the molecule is COC(=O)CN(C)C(=O)N1CCC(c2cc3ccccc3[nH]c2=O)CC1. The molecule has 138 valence electrons. The first-order valence-corrected chi connectivity index (χ1v) is 8.68. The first kappa shape index (κ1) is 18.0. The molecule has 0 unspecified atom stereocenters. The molecule has 0 atom stereocenters. The quantitative estimate of drug-likeness (QED) is 0.851. The van der Waals surface area contributed by atoms with E-state index in [9.17, 15) is 14.4 Å². The zero-order valence-electron chi connectivity index (χ0n) is 15.0. The predicted octanol–water partition coefficient (Wildman–Crippen LogP) is 1.93. The minimum Gasteiger partial charge on any atom is -0.468 e. The van der Waals surface area contributed by atoms with Gasteiger partial charge in [0.2, 0.25) is 0 Å². The van der Waals surface area contributed by atoms with Gasteiger partial charge in [-0.05, 0) is 36.3 Å². The molecule has 0 saturated carbocycles. The number of aromatic amines is 1. The van der Waals surface area contributed by atoms with Crippen molar-refractivity contribution in [2.75, 3.05) is 33.8 Å². The van der Waals surface area contributed by atoms with Gasteiger partial charge in [-0.3, -0.25) is 9.59 Å². The summed E-state index contributed by atoms with van der Waals surface area (Å²) in [6.07, 6.45) is 1.44. The van der Waals surface area contributed by atoms with Crippen LogP contribution in [0.1, 0.15) is 24.3 Å². The summed E-state index contributed by atoms with van der Waals surface area (Å²) >= 11 is 0. The van der Waals surface area contributed by atoms with Gasteiger partial charge in [0.25, 0.3) is 5.56 Å². The first-order chi connectivity index (χ1) is 12.5. The van der Waals surface area contributed by atoms with E-state index in [0.29, 0.717) is 13.1 Å². The Morgan fingerprint density at radius 1 is 1.27 bits per heavy atom. The predicted molar refractivity (Wildman–Crippen MR) is 98.2 cm³/mol. The second kappa shape index (κ2) is 7.59. The number of rotatable bonds is 3. The number of para-hydroxylation sites is 1. The van der Waals surface area contributed by atoms with Crippen LogP contribution in [0.5, 0.6) is 0 Å². The molecule has 1 aromatic carbocycles. The Kier molecular flexibility index (Phi) is 5.25. The number of carbonyl (C=O) groups excluding carboxylic acids is 2. The number of amides is 2. The molecular weight excluding hydrogens is 334 g/mol. The van der Waals surface area contributed by atoms with Gasteiger partial charge in [-0.15, -0.1) is 0 Å². The lowest BCUT2D eigenvalue weighted by atomic mass is 9.89. The smallest absolute Gasteiger partial charge is 0.325 e. The molecule has 2 amide bonds. The van der Waals surface area contributed by atoms with Crippen LogP contribution in [0.4, 0.5) is 4.79 Å². The molecule has 0 radical (unpaired) electrons. The average molecular weight is 357 g/mol. The Balaban J connectivity index is 1.67. The minimum absolute atomic E-state index is 0.0590. The van der Waals surface area contributed by atoms with E-state index in [-0.39, 0.29) is 24.1 Å². The summed E-state index contributed by atoms with van der Waals surface area (Å²) < 4.78 is 4.59. The second-order valence-electron chi connectivity index (χ2n) is 6.62. The largest absolute Gasteiger partial charge is 0.468 e. The number of nitrogens with zero attached hydrogens (tertiary/aromatic N) is 2. The fourth-order valence-electron chi connectivity index (χ4n) is 3.42. The summed E-state index contributed by atoms with van der Waals surface area (Å²) in [6.45, 7) is 1.04. The van der Waals surface area contributed by atoms with Crippen molar-refractivity contribution in [3.63, 3.8) is 0 Å². The van der Waals surface area contributed by atoms with Crippen molar-refractivity contribution in [3.8, 4) is 0 Å². The van der Waals surface area contributed by atoms with Gasteiger partial charge in [-0.2, -0.15) is 0 Å². The van der Waals surface area contributed by atoms with Crippen LogP contribution in [-0.2, 0) is 9.53 Å². The number of esters is 1. The van der Waals surface area contributed by atoms with Gasteiger partial charge in [0.05, 0.1) is 7.11 Å². The third-order valence-electron chi connectivity index (χ3n) is 4.91. The highest BCUT2D eigenvalue weighted by molar-refractivity contribution is 5.81. The molecule has 7 nitrogen and oxygen atoms in total. The van der Waals surface area contributed by atoms with E-state index in [2.05, 4.69) is 9.72 Å². The van der Waals surface area contributed by atoms with Gasteiger partial charge in [0.1, 0.15) is 6.54 Å². The molecule has 1 aliphatic rings. The Labute approximate surface area is 151 Å². The number of fused-ring (bicyclic) bond motifs is 1. The maximum Gasteiger partial charge on any atom is 0.325 e. The third-order valence-corrected chi connectivity index (χ3v) is 4.91. The standard InChI is InChI=1S/C19H23N3O4/c1-21(12-17(23)26-2)19(25)22-9-7-13(8-10-22)15-11-14-5-3-4-6-16(14)20-18(15)24/h3-6,11,13H,7-10,12H2,1-2H3,(H,20,24). The van der Waals surface area contributed by atoms with E-state index in [1.165, 1.54) is 12.0 Å². The number of hydrogen-bond acceptors (Lipinski definition) is 4. The molecule has 7 heteroatoms. The minimum atomic E-state index is -0.446. The number of likely N-dealkylation sites (tertiary alicyclic amines) is 1. The fourth-order valence-corrected chi connectivity index (χ4v) is 3.42. The second-order valence-corrected chi connectivity index (χ2v) is 6.62. The van der Waals surface area contributed by atoms with Crippen molar-refractivity contribution in [1.82, 2.24) is 14.8 Å². The van der Waals surface area contributed by atoms with E-state index < -0.39 is 5.97 Å². The lowest BCUT2D eigenvalue weighted by Crippen LogP contribution is -2.46. The highest BCUT2D eigenvalue weighted by atomic mass is 16.5. The number of urea groups is 1. The number of ether oxygens (including phenoxy) is 1. The summed E-state index contributed by atoms with van der Waals surface area (Å²) in [4.78, 5) is 42.2. The summed E-state index contributed by atoms with van der Waals surface area (Å²) in [6, 6.07) is 9.48. The van der Waals surface area contributed by atoms with Gasteiger partial charge in [-0.25, -0.2) is 4.79 Å². The van der Waals surface area contributed by atoms with Crippen LogP contribution >= 0.6 is 0 Å². The molecule has 0 bridgehead atoms. The zero-order valence-corrected chi connectivity index (χ0v) is 15.0. The Bertz CT molecular complexity index is 868. The van der Waals surface area contributed by atoms with E-state index in [1.807, 2.05) is 30.3 Å². The molecule has 1 N–H and O–H groups in total. The lowest BCUT2D eigenvalue weighted by Gasteiger charge is -2.34. The summed E-state index contributed by atoms with van der Waals surface area (Å²) in [5.41, 5.74) is 1.55. The molecule has 26 heavy (non-hydrogen) atoms. The van der Waals surface area contributed by atoms with Crippen LogP contribution in [-0.4, -0.2) is 60.6 Å².